The molecule has 5 nitrogen and oxygen atoms in total. The Morgan fingerprint density at radius 2 is 2.20 bits per heavy atom. The fourth-order valence-electron chi connectivity index (χ4n) is 1.50. The summed E-state index contributed by atoms with van der Waals surface area (Å²) in [7, 11) is 0. The van der Waals surface area contributed by atoms with Gasteiger partial charge in [-0.3, -0.25) is 0 Å². The molecule has 15 heavy (non-hydrogen) atoms. The quantitative estimate of drug-likeness (QED) is 0.770. The Bertz CT molecular complexity index is 504. The standard InChI is InChI=1S/C10H14N4O/c1-4-15-10-8-7(9(11)14-10)12-5(2)6(3)13-8/h14H,4,11H2,1-3H3/p+1. The predicted octanol–water partition coefficient (Wildman–Crippen LogP) is 0.975. The van der Waals surface area contributed by atoms with Crippen molar-refractivity contribution in [1.82, 2.24) is 9.97 Å². The lowest BCUT2D eigenvalue weighted by Gasteiger charge is -1.98. The molecular formula is C10H15N4O+. The maximum absolute atomic E-state index is 5.82. The lowest BCUT2D eigenvalue weighted by molar-refractivity contribution is -0.355. The van der Waals surface area contributed by atoms with Crippen LogP contribution in [0.5, 0.6) is 5.88 Å². The summed E-state index contributed by atoms with van der Waals surface area (Å²) >= 11 is 0. The summed E-state index contributed by atoms with van der Waals surface area (Å²) in [4.78, 5) is 10.6. The molecule has 5 heteroatoms. The summed E-state index contributed by atoms with van der Waals surface area (Å²) in [5.74, 6) is 1.19. The first-order valence-electron chi connectivity index (χ1n) is 4.94. The lowest BCUT2D eigenvalue weighted by atomic mass is 10.3. The van der Waals surface area contributed by atoms with Crippen molar-refractivity contribution in [1.29, 1.82) is 0 Å². The van der Waals surface area contributed by atoms with Crippen molar-refractivity contribution in [3.63, 3.8) is 0 Å². The number of nitrogens with two attached hydrogens (primary N) is 1. The second-order valence-corrected chi connectivity index (χ2v) is 3.47. The van der Waals surface area contributed by atoms with Crippen LogP contribution >= 0.6 is 0 Å². The fourth-order valence-corrected chi connectivity index (χ4v) is 1.50. The lowest BCUT2D eigenvalue weighted by Crippen LogP contribution is -2.12. The highest BCUT2D eigenvalue weighted by atomic mass is 16.5. The molecule has 0 aromatic carbocycles. The Kier molecular flexibility index (Phi) is 2.22. The number of hydrogen-bond acceptors (Lipinski definition) is 3. The third kappa shape index (κ3) is 1.49. The summed E-state index contributed by atoms with van der Waals surface area (Å²) in [5, 5.41) is 0. The Morgan fingerprint density at radius 1 is 1.47 bits per heavy atom. The van der Waals surface area contributed by atoms with Crippen LogP contribution in [-0.4, -0.2) is 16.6 Å². The van der Waals surface area contributed by atoms with Crippen molar-refractivity contribution in [3.05, 3.63) is 11.4 Å². The van der Waals surface area contributed by atoms with E-state index in [-0.39, 0.29) is 0 Å². The fraction of sp³-hybridized carbons (Fsp3) is 0.400. The van der Waals surface area contributed by atoms with Crippen LogP contribution in [0.3, 0.4) is 0 Å². The number of hydrogen-bond donors (Lipinski definition) is 2. The number of anilines is 1. The minimum atomic E-state index is 0.559. The number of ether oxygens (including phenoxy) is 1. The van der Waals surface area contributed by atoms with Crippen LogP contribution in [0, 0.1) is 13.8 Å². The van der Waals surface area contributed by atoms with Gasteiger partial charge in [0.25, 0.3) is 5.52 Å². The average molecular weight is 207 g/mol. The topological polar surface area (TPSA) is 78.1 Å². The maximum Gasteiger partial charge on any atom is 0.275 e. The van der Waals surface area contributed by atoms with E-state index in [1.54, 1.807) is 0 Å². The van der Waals surface area contributed by atoms with Gasteiger partial charge in [0.15, 0.2) is 17.0 Å². The van der Waals surface area contributed by atoms with Crippen LogP contribution in [0.25, 0.3) is 11.0 Å². The molecule has 2 aromatic heterocycles. The van der Waals surface area contributed by atoms with Gasteiger partial charge in [-0.25, -0.2) is 9.97 Å². The molecule has 0 fully saturated rings. The number of fused-ring (bicyclic) bond motifs is 1. The number of H-pyrrole nitrogens is 2. The van der Waals surface area contributed by atoms with E-state index in [0.717, 1.165) is 22.4 Å². The number of rotatable bonds is 2. The van der Waals surface area contributed by atoms with E-state index in [2.05, 4.69) is 15.0 Å². The molecule has 0 saturated carbocycles. The number of aromatic nitrogens is 3. The van der Waals surface area contributed by atoms with Crippen molar-refractivity contribution in [2.24, 2.45) is 0 Å². The molecule has 0 bridgehead atoms. The SMILES string of the molecule is CCOc1[nH]c(N)c2[nH+]c(C)c(C)nc12. The van der Waals surface area contributed by atoms with Crippen LogP contribution in [0.4, 0.5) is 5.82 Å². The van der Waals surface area contributed by atoms with Gasteiger partial charge >= 0.3 is 0 Å². The predicted molar refractivity (Wildman–Crippen MR) is 57.7 cm³/mol. The summed E-state index contributed by atoms with van der Waals surface area (Å²) in [6.45, 7) is 6.43. The van der Waals surface area contributed by atoms with Gasteiger partial charge in [-0.05, 0) is 13.8 Å². The third-order valence-corrected chi connectivity index (χ3v) is 2.39. The zero-order valence-electron chi connectivity index (χ0n) is 9.14. The van der Waals surface area contributed by atoms with Crippen molar-refractivity contribution in [2.45, 2.75) is 20.8 Å². The Morgan fingerprint density at radius 3 is 2.87 bits per heavy atom. The molecule has 0 spiro atoms. The first-order chi connectivity index (χ1) is 7.13. The van der Waals surface area contributed by atoms with Gasteiger partial charge in [-0.2, -0.15) is 0 Å². The van der Waals surface area contributed by atoms with Crippen LogP contribution in [0.2, 0.25) is 0 Å². The Labute approximate surface area is 87.7 Å². The van der Waals surface area contributed by atoms with Crippen LogP contribution in [0.1, 0.15) is 18.3 Å². The minimum absolute atomic E-state index is 0.559. The highest BCUT2D eigenvalue weighted by molar-refractivity contribution is 5.87. The van der Waals surface area contributed by atoms with Gasteiger partial charge in [-0.15, -0.1) is 0 Å². The summed E-state index contributed by atoms with van der Waals surface area (Å²) in [5.41, 5.74) is 9.35. The molecule has 0 saturated heterocycles. The van der Waals surface area contributed by atoms with Crippen molar-refractivity contribution >= 4 is 16.9 Å². The van der Waals surface area contributed by atoms with Crippen LogP contribution in [-0.2, 0) is 0 Å². The van der Waals surface area contributed by atoms with Gasteiger partial charge in [0, 0.05) is 6.92 Å². The van der Waals surface area contributed by atoms with Gasteiger partial charge in [0.05, 0.1) is 6.61 Å². The zero-order valence-corrected chi connectivity index (χ0v) is 9.14. The molecule has 2 heterocycles. The molecule has 0 radical (unpaired) electrons. The molecule has 0 atom stereocenters. The highest BCUT2D eigenvalue weighted by Gasteiger charge is 2.18. The smallest absolute Gasteiger partial charge is 0.275 e. The van der Waals surface area contributed by atoms with E-state index >= 15 is 0 Å². The normalized spacial score (nSPS) is 10.9. The van der Waals surface area contributed by atoms with E-state index in [9.17, 15) is 0 Å². The molecule has 0 aliphatic heterocycles. The molecule has 4 N–H and O–H groups in total. The molecule has 0 aliphatic carbocycles. The Hall–Kier alpha value is -1.78. The molecule has 2 rings (SSSR count). The van der Waals surface area contributed by atoms with Crippen molar-refractivity contribution in [3.8, 4) is 5.88 Å². The summed E-state index contributed by atoms with van der Waals surface area (Å²) in [6.07, 6.45) is 0. The maximum atomic E-state index is 5.82. The van der Waals surface area contributed by atoms with Crippen molar-refractivity contribution in [2.75, 3.05) is 12.3 Å². The first-order valence-corrected chi connectivity index (χ1v) is 4.94. The first kappa shape index (κ1) is 9.76. The zero-order chi connectivity index (χ0) is 11.0. The van der Waals surface area contributed by atoms with Gasteiger partial charge < -0.3 is 15.5 Å². The second kappa shape index (κ2) is 3.42. The molecule has 0 amide bonds. The average Bonchev–Trinajstić information content (AvgIpc) is 2.46. The number of nitrogen functional groups attached to an aromatic ring is 1. The molecule has 2 aromatic rings. The monoisotopic (exact) mass is 207 g/mol. The van der Waals surface area contributed by atoms with E-state index in [0.29, 0.717) is 18.3 Å². The largest absolute Gasteiger partial charge is 0.478 e. The molecule has 0 aliphatic rings. The highest BCUT2D eigenvalue weighted by Crippen LogP contribution is 2.25. The number of aryl methyl sites for hydroxylation is 2. The number of aromatic amines is 2. The van der Waals surface area contributed by atoms with Gasteiger partial charge in [0.2, 0.25) is 5.88 Å². The van der Waals surface area contributed by atoms with E-state index < -0.39 is 0 Å². The van der Waals surface area contributed by atoms with Gasteiger partial charge in [-0.1, -0.05) is 0 Å². The number of nitrogens with one attached hydrogen (secondary N) is 2. The van der Waals surface area contributed by atoms with Crippen LogP contribution < -0.4 is 15.5 Å². The molecular weight excluding hydrogens is 192 g/mol. The van der Waals surface area contributed by atoms with E-state index in [4.69, 9.17) is 10.5 Å². The van der Waals surface area contributed by atoms with E-state index in [1.165, 1.54) is 0 Å². The third-order valence-electron chi connectivity index (χ3n) is 2.39. The molecule has 0 unspecified atom stereocenters. The minimum Gasteiger partial charge on any atom is -0.478 e. The van der Waals surface area contributed by atoms with E-state index in [1.807, 2.05) is 20.8 Å². The second-order valence-electron chi connectivity index (χ2n) is 3.47. The Balaban J connectivity index is 2.70. The molecule has 80 valence electrons. The van der Waals surface area contributed by atoms with Gasteiger partial charge in [0.1, 0.15) is 5.69 Å². The summed E-state index contributed by atoms with van der Waals surface area (Å²) in [6, 6.07) is 0. The van der Waals surface area contributed by atoms with Crippen molar-refractivity contribution < 1.29 is 9.72 Å². The van der Waals surface area contributed by atoms with Crippen LogP contribution in [0.15, 0.2) is 0 Å². The summed E-state index contributed by atoms with van der Waals surface area (Å²) < 4.78 is 5.42. The number of nitrogens with zero attached hydrogens (tertiary/aromatic N) is 1.